The summed E-state index contributed by atoms with van der Waals surface area (Å²) in [6.45, 7) is 3.06. The van der Waals surface area contributed by atoms with Crippen molar-refractivity contribution in [1.82, 2.24) is 20.2 Å². The van der Waals surface area contributed by atoms with Crippen LogP contribution in [0.25, 0.3) is 22.1 Å². The molecule has 4 rings (SSSR count). The topological polar surface area (TPSA) is 66.9 Å². The molecule has 1 aliphatic rings. The second-order valence-electron chi connectivity index (χ2n) is 4.58. The number of nitrogens with one attached hydrogen (secondary N) is 1. The van der Waals surface area contributed by atoms with E-state index >= 15 is 0 Å². The first kappa shape index (κ1) is 10.7. The third kappa shape index (κ3) is 1.72. The summed E-state index contributed by atoms with van der Waals surface area (Å²) in [4.78, 5) is 9.96. The summed E-state index contributed by atoms with van der Waals surface area (Å²) in [5.74, 6) is 0.669. The van der Waals surface area contributed by atoms with Crippen LogP contribution >= 0.6 is 0 Å². The lowest BCUT2D eigenvalue weighted by atomic mass is 10.2. The Morgan fingerprint density at radius 3 is 2.84 bits per heavy atom. The number of aromatic amines is 1. The van der Waals surface area contributed by atoms with Crippen LogP contribution in [-0.2, 0) is 4.74 Å². The molecule has 2 aromatic heterocycles. The zero-order valence-corrected chi connectivity index (χ0v) is 10.3. The molecule has 1 saturated heterocycles. The molecule has 0 radical (unpaired) electrons. The summed E-state index contributed by atoms with van der Waals surface area (Å²) in [5, 5.41) is 9.62. The van der Waals surface area contributed by atoms with Gasteiger partial charge in [0.2, 0.25) is 5.95 Å². The predicted octanol–water partition coefficient (Wildman–Crippen LogP) is 1.34. The molecule has 0 aliphatic carbocycles. The number of para-hydroxylation sites is 1. The lowest BCUT2D eigenvalue weighted by Gasteiger charge is -2.25. The number of hydrogen-bond acceptors (Lipinski definition) is 5. The molecule has 3 heterocycles. The monoisotopic (exact) mass is 255 g/mol. The van der Waals surface area contributed by atoms with Crippen LogP contribution in [0, 0.1) is 0 Å². The van der Waals surface area contributed by atoms with Gasteiger partial charge in [-0.15, -0.1) is 10.2 Å². The first-order valence-corrected chi connectivity index (χ1v) is 6.36. The van der Waals surface area contributed by atoms with Crippen LogP contribution in [0.3, 0.4) is 0 Å². The van der Waals surface area contributed by atoms with E-state index in [1.165, 1.54) is 0 Å². The smallest absolute Gasteiger partial charge is 0.247 e. The lowest BCUT2D eigenvalue weighted by molar-refractivity contribution is 0.122. The second-order valence-corrected chi connectivity index (χ2v) is 4.58. The summed E-state index contributed by atoms with van der Waals surface area (Å²) >= 11 is 0. The number of nitrogens with zero attached hydrogens (tertiary/aromatic N) is 4. The largest absolute Gasteiger partial charge is 0.378 e. The summed E-state index contributed by atoms with van der Waals surface area (Å²) in [6.07, 6.45) is 0. The molecule has 6 heteroatoms. The Labute approximate surface area is 109 Å². The van der Waals surface area contributed by atoms with Crippen LogP contribution in [0.5, 0.6) is 0 Å². The molecular weight excluding hydrogens is 242 g/mol. The maximum atomic E-state index is 5.33. The Balaban J connectivity index is 1.84. The van der Waals surface area contributed by atoms with Crippen molar-refractivity contribution in [3.8, 4) is 0 Å². The lowest BCUT2D eigenvalue weighted by Crippen LogP contribution is -2.37. The zero-order chi connectivity index (χ0) is 12.7. The average Bonchev–Trinajstić information content (AvgIpc) is 2.86. The van der Waals surface area contributed by atoms with E-state index in [1.807, 2.05) is 24.3 Å². The minimum Gasteiger partial charge on any atom is -0.378 e. The van der Waals surface area contributed by atoms with Crippen molar-refractivity contribution < 1.29 is 4.74 Å². The van der Waals surface area contributed by atoms with Gasteiger partial charge in [0.1, 0.15) is 5.52 Å². The summed E-state index contributed by atoms with van der Waals surface area (Å²) < 4.78 is 5.33. The number of rotatable bonds is 1. The van der Waals surface area contributed by atoms with Crippen LogP contribution in [0.15, 0.2) is 24.3 Å². The van der Waals surface area contributed by atoms with Gasteiger partial charge in [0, 0.05) is 24.0 Å². The van der Waals surface area contributed by atoms with Gasteiger partial charge in [-0.2, -0.15) is 4.98 Å². The highest BCUT2D eigenvalue weighted by atomic mass is 16.5. The van der Waals surface area contributed by atoms with E-state index in [0.717, 1.165) is 35.2 Å². The molecule has 96 valence electrons. The molecule has 0 atom stereocenters. The van der Waals surface area contributed by atoms with Crippen molar-refractivity contribution in [3.05, 3.63) is 24.3 Å². The first-order valence-electron chi connectivity index (χ1n) is 6.36. The molecule has 0 bridgehead atoms. The maximum Gasteiger partial charge on any atom is 0.247 e. The Hall–Kier alpha value is -2.21. The molecule has 1 fully saturated rings. The third-order valence-electron chi connectivity index (χ3n) is 3.40. The quantitative estimate of drug-likeness (QED) is 0.710. The van der Waals surface area contributed by atoms with Gasteiger partial charge < -0.3 is 14.6 Å². The fraction of sp³-hybridized carbons (Fsp3) is 0.308. The highest BCUT2D eigenvalue weighted by Crippen LogP contribution is 2.22. The second kappa shape index (κ2) is 4.17. The average molecular weight is 255 g/mol. The van der Waals surface area contributed by atoms with Crippen LogP contribution in [0.4, 0.5) is 5.95 Å². The standard InChI is InChI=1S/C13H13N5O/c1-2-4-10-9(3-1)11-12(14-10)15-13(17-16-11)18-5-7-19-8-6-18/h1-4H,5-8H2,(H,14,15,17). The molecule has 0 spiro atoms. The Morgan fingerprint density at radius 1 is 1.11 bits per heavy atom. The van der Waals surface area contributed by atoms with Gasteiger partial charge in [-0.05, 0) is 6.07 Å². The Bertz CT molecular complexity index is 732. The van der Waals surface area contributed by atoms with Crippen molar-refractivity contribution in [2.45, 2.75) is 0 Å². The number of benzene rings is 1. The van der Waals surface area contributed by atoms with Gasteiger partial charge >= 0.3 is 0 Å². The first-order chi connectivity index (χ1) is 9.42. The highest BCUT2D eigenvalue weighted by molar-refractivity contribution is 6.03. The van der Waals surface area contributed by atoms with E-state index in [0.29, 0.717) is 19.2 Å². The molecule has 1 aromatic carbocycles. The van der Waals surface area contributed by atoms with Gasteiger partial charge in [-0.25, -0.2) is 0 Å². The van der Waals surface area contributed by atoms with E-state index in [1.54, 1.807) is 0 Å². The van der Waals surface area contributed by atoms with Crippen molar-refractivity contribution in [2.75, 3.05) is 31.2 Å². The van der Waals surface area contributed by atoms with Crippen molar-refractivity contribution in [3.63, 3.8) is 0 Å². The number of ether oxygens (including phenoxy) is 1. The van der Waals surface area contributed by atoms with Crippen LogP contribution in [0.1, 0.15) is 0 Å². The van der Waals surface area contributed by atoms with Gasteiger partial charge in [-0.1, -0.05) is 18.2 Å². The fourth-order valence-electron chi connectivity index (χ4n) is 2.41. The van der Waals surface area contributed by atoms with Gasteiger partial charge in [0.05, 0.1) is 13.2 Å². The number of aromatic nitrogens is 4. The third-order valence-corrected chi connectivity index (χ3v) is 3.40. The van der Waals surface area contributed by atoms with E-state index in [2.05, 4.69) is 25.1 Å². The van der Waals surface area contributed by atoms with E-state index in [-0.39, 0.29) is 0 Å². The molecule has 0 unspecified atom stereocenters. The number of H-pyrrole nitrogens is 1. The van der Waals surface area contributed by atoms with Crippen LogP contribution in [0.2, 0.25) is 0 Å². The van der Waals surface area contributed by atoms with E-state index < -0.39 is 0 Å². The minimum atomic E-state index is 0.669. The molecular formula is C13H13N5O. The molecule has 0 saturated carbocycles. The number of morpholine rings is 1. The van der Waals surface area contributed by atoms with Gasteiger partial charge in [-0.3, -0.25) is 0 Å². The number of hydrogen-bond donors (Lipinski definition) is 1. The van der Waals surface area contributed by atoms with Crippen LogP contribution in [-0.4, -0.2) is 46.5 Å². The zero-order valence-electron chi connectivity index (χ0n) is 10.3. The SMILES string of the molecule is c1ccc2c(c1)[nH]c1nc(N3CCOCC3)nnc12. The Morgan fingerprint density at radius 2 is 1.95 bits per heavy atom. The molecule has 3 aromatic rings. The summed E-state index contributed by atoms with van der Waals surface area (Å²) in [7, 11) is 0. The van der Waals surface area contributed by atoms with E-state index in [9.17, 15) is 0 Å². The highest BCUT2D eigenvalue weighted by Gasteiger charge is 2.16. The number of fused-ring (bicyclic) bond motifs is 3. The van der Waals surface area contributed by atoms with Crippen LogP contribution < -0.4 is 4.90 Å². The molecule has 1 aliphatic heterocycles. The normalized spacial score (nSPS) is 16.3. The summed E-state index contributed by atoms with van der Waals surface area (Å²) in [6, 6.07) is 8.03. The molecule has 6 nitrogen and oxygen atoms in total. The molecule has 19 heavy (non-hydrogen) atoms. The van der Waals surface area contributed by atoms with Crippen molar-refractivity contribution >= 4 is 28.0 Å². The molecule has 0 amide bonds. The Kier molecular flexibility index (Phi) is 2.34. The van der Waals surface area contributed by atoms with Crippen molar-refractivity contribution in [1.29, 1.82) is 0 Å². The van der Waals surface area contributed by atoms with Gasteiger partial charge in [0.25, 0.3) is 0 Å². The fourth-order valence-corrected chi connectivity index (χ4v) is 2.41. The maximum absolute atomic E-state index is 5.33. The predicted molar refractivity (Wildman–Crippen MR) is 72.2 cm³/mol. The number of anilines is 1. The van der Waals surface area contributed by atoms with E-state index in [4.69, 9.17) is 4.74 Å². The van der Waals surface area contributed by atoms with Crippen molar-refractivity contribution in [2.24, 2.45) is 0 Å². The molecule has 1 N–H and O–H groups in total. The van der Waals surface area contributed by atoms with Gasteiger partial charge in [0.15, 0.2) is 5.65 Å². The summed E-state index contributed by atoms with van der Waals surface area (Å²) in [5.41, 5.74) is 2.66. The minimum absolute atomic E-state index is 0.669.